The molecule has 3 aromatic rings. The predicted molar refractivity (Wildman–Crippen MR) is 85.1 cm³/mol. The van der Waals surface area contributed by atoms with Gasteiger partial charge in [0.2, 0.25) is 0 Å². The van der Waals surface area contributed by atoms with Gasteiger partial charge in [0, 0.05) is 16.0 Å². The second-order valence-corrected chi connectivity index (χ2v) is 5.25. The molecule has 0 saturated heterocycles. The number of aromatic nitrogens is 1. The van der Waals surface area contributed by atoms with E-state index in [0.717, 1.165) is 5.39 Å². The molecule has 0 unspecified atom stereocenters. The van der Waals surface area contributed by atoms with Crippen molar-refractivity contribution in [2.75, 3.05) is 5.73 Å². The molecule has 6 heteroatoms. The van der Waals surface area contributed by atoms with E-state index >= 15 is 0 Å². The molecule has 0 radical (unpaired) electrons. The molecule has 0 atom stereocenters. The quantitative estimate of drug-likeness (QED) is 0.760. The van der Waals surface area contributed by atoms with Gasteiger partial charge in [-0.1, -0.05) is 17.7 Å². The number of fused-ring (bicyclic) bond motifs is 1. The first-order chi connectivity index (χ1) is 10.5. The number of benzene rings is 2. The Labute approximate surface area is 130 Å². The van der Waals surface area contributed by atoms with Crippen molar-refractivity contribution in [3.05, 3.63) is 58.9 Å². The van der Waals surface area contributed by atoms with Gasteiger partial charge in [-0.05, 0) is 42.0 Å². The van der Waals surface area contributed by atoms with Gasteiger partial charge in [-0.15, -0.1) is 0 Å². The number of nitrogen functional groups attached to an aromatic ring is 1. The van der Waals surface area contributed by atoms with Gasteiger partial charge >= 0.3 is 0 Å². The zero-order valence-electron chi connectivity index (χ0n) is 11.3. The first-order valence-electron chi connectivity index (χ1n) is 6.41. The van der Waals surface area contributed by atoms with Gasteiger partial charge in [-0.2, -0.15) is 0 Å². The summed E-state index contributed by atoms with van der Waals surface area (Å²) in [5.41, 5.74) is 12.8. The summed E-state index contributed by atoms with van der Waals surface area (Å²) in [6.45, 7) is 0. The normalized spacial score (nSPS) is 10.8. The van der Waals surface area contributed by atoms with Crippen molar-refractivity contribution in [3.63, 3.8) is 0 Å². The highest BCUT2D eigenvalue weighted by molar-refractivity contribution is 6.31. The number of carbonyl (C=O) groups excluding carboxylic acids is 1. The van der Waals surface area contributed by atoms with Crippen LogP contribution in [0.4, 0.5) is 10.2 Å². The standard InChI is InChI=1S/C16H11ClFN3O/c17-10-2-4-14-9(5-10)7-11(15(19)21-14)8-1-3-13(18)12(6-8)16(20)22/h1-7H,(H2,19,21)(H2,20,22). The molecule has 0 spiro atoms. The zero-order chi connectivity index (χ0) is 15.9. The van der Waals surface area contributed by atoms with Crippen LogP contribution in [0.1, 0.15) is 10.4 Å². The molecule has 0 fully saturated rings. The van der Waals surface area contributed by atoms with Gasteiger partial charge in [0.15, 0.2) is 0 Å². The maximum absolute atomic E-state index is 13.6. The van der Waals surface area contributed by atoms with Gasteiger partial charge in [-0.25, -0.2) is 9.37 Å². The van der Waals surface area contributed by atoms with Crippen LogP contribution in [0.3, 0.4) is 0 Å². The lowest BCUT2D eigenvalue weighted by molar-refractivity contribution is 0.0996. The van der Waals surface area contributed by atoms with E-state index in [-0.39, 0.29) is 11.4 Å². The van der Waals surface area contributed by atoms with E-state index in [1.54, 1.807) is 24.3 Å². The summed E-state index contributed by atoms with van der Waals surface area (Å²) >= 11 is 5.97. The highest BCUT2D eigenvalue weighted by Gasteiger charge is 2.13. The monoisotopic (exact) mass is 315 g/mol. The highest BCUT2D eigenvalue weighted by Crippen LogP contribution is 2.30. The lowest BCUT2D eigenvalue weighted by atomic mass is 10.0. The number of hydrogen-bond donors (Lipinski definition) is 2. The summed E-state index contributed by atoms with van der Waals surface area (Å²) in [4.78, 5) is 15.6. The molecule has 0 aliphatic carbocycles. The van der Waals surface area contributed by atoms with Crippen molar-refractivity contribution < 1.29 is 9.18 Å². The van der Waals surface area contributed by atoms with Crippen molar-refractivity contribution in [3.8, 4) is 11.1 Å². The molecule has 22 heavy (non-hydrogen) atoms. The Morgan fingerprint density at radius 2 is 1.91 bits per heavy atom. The van der Waals surface area contributed by atoms with Gasteiger partial charge in [0.05, 0.1) is 11.1 Å². The number of primary amides is 1. The number of nitrogens with zero attached hydrogens (tertiary/aromatic N) is 1. The minimum atomic E-state index is -0.838. The Bertz CT molecular complexity index is 911. The van der Waals surface area contributed by atoms with Crippen LogP contribution in [0.2, 0.25) is 5.02 Å². The van der Waals surface area contributed by atoms with Crippen LogP contribution in [-0.4, -0.2) is 10.9 Å². The molecule has 0 aliphatic heterocycles. The Kier molecular flexibility index (Phi) is 3.42. The van der Waals surface area contributed by atoms with Crippen LogP contribution in [0.25, 0.3) is 22.0 Å². The fourth-order valence-electron chi connectivity index (χ4n) is 2.28. The van der Waals surface area contributed by atoms with Gasteiger partial charge in [0.1, 0.15) is 11.6 Å². The average Bonchev–Trinajstić information content (AvgIpc) is 2.47. The molecule has 2 aromatic carbocycles. The topological polar surface area (TPSA) is 82.0 Å². The number of rotatable bonds is 2. The van der Waals surface area contributed by atoms with Crippen LogP contribution in [-0.2, 0) is 0 Å². The number of pyridine rings is 1. The molecule has 0 bridgehead atoms. The molecule has 0 saturated carbocycles. The van der Waals surface area contributed by atoms with Gasteiger partial charge in [0.25, 0.3) is 5.91 Å². The molecule has 1 aromatic heterocycles. The highest BCUT2D eigenvalue weighted by atomic mass is 35.5. The molecule has 1 heterocycles. The lowest BCUT2D eigenvalue weighted by Gasteiger charge is -2.09. The summed E-state index contributed by atoms with van der Waals surface area (Å²) in [5, 5.41) is 1.36. The van der Waals surface area contributed by atoms with E-state index in [9.17, 15) is 9.18 Å². The number of hydrogen-bond acceptors (Lipinski definition) is 3. The van der Waals surface area contributed by atoms with Gasteiger partial charge < -0.3 is 11.5 Å². The van der Waals surface area contributed by atoms with E-state index in [0.29, 0.717) is 21.7 Å². The number of halogens is 2. The average molecular weight is 316 g/mol. The van der Waals surface area contributed by atoms with Crippen LogP contribution in [0, 0.1) is 5.82 Å². The number of amides is 1. The summed E-state index contributed by atoms with van der Waals surface area (Å²) in [6, 6.07) is 11.1. The van der Waals surface area contributed by atoms with Crippen molar-refractivity contribution in [1.29, 1.82) is 0 Å². The zero-order valence-corrected chi connectivity index (χ0v) is 12.1. The van der Waals surface area contributed by atoms with Crippen LogP contribution >= 0.6 is 11.6 Å². The number of nitrogens with two attached hydrogens (primary N) is 2. The fraction of sp³-hybridized carbons (Fsp3) is 0. The lowest BCUT2D eigenvalue weighted by Crippen LogP contribution is -2.13. The fourth-order valence-corrected chi connectivity index (χ4v) is 2.46. The van der Waals surface area contributed by atoms with E-state index in [4.69, 9.17) is 23.1 Å². The number of carbonyl (C=O) groups is 1. The first-order valence-corrected chi connectivity index (χ1v) is 6.79. The molecular formula is C16H11ClFN3O. The van der Waals surface area contributed by atoms with Crippen LogP contribution in [0.15, 0.2) is 42.5 Å². The Morgan fingerprint density at radius 1 is 1.14 bits per heavy atom. The van der Waals surface area contributed by atoms with Crippen LogP contribution in [0.5, 0.6) is 0 Å². The van der Waals surface area contributed by atoms with E-state index < -0.39 is 11.7 Å². The third kappa shape index (κ3) is 2.46. The Morgan fingerprint density at radius 3 is 2.64 bits per heavy atom. The Balaban J connectivity index is 2.23. The Hall–Kier alpha value is -2.66. The van der Waals surface area contributed by atoms with Crippen molar-refractivity contribution in [1.82, 2.24) is 4.98 Å². The van der Waals surface area contributed by atoms with E-state index in [1.807, 2.05) is 0 Å². The largest absolute Gasteiger partial charge is 0.383 e. The van der Waals surface area contributed by atoms with Crippen molar-refractivity contribution in [2.24, 2.45) is 5.73 Å². The summed E-state index contributed by atoms with van der Waals surface area (Å²) < 4.78 is 13.6. The molecule has 110 valence electrons. The third-order valence-corrected chi connectivity index (χ3v) is 3.58. The first kappa shape index (κ1) is 14.3. The van der Waals surface area contributed by atoms with Crippen LogP contribution < -0.4 is 11.5 Å². The molecule has 3 rings (SSSR count). The minimum absolute atomic E-state index is 0.192. The molecule has 1 amide bonds. The maximum atomic E-state index is 13.6. The molecule has 4 nitrogen and oxygen atoms in total. The third-order valence-electron chi connectivity index (χ3n) is 3.35. The molecule has 4 N–H and O–H groups in total. The maximum Gasteiger partial charge on any atom is 0.251 e. The van der Waals surface area contributed by atoms with E-state index in [2.05, 4.69) is 4.98 Å². The molecule has 0 aliphatic rings. The number of anilines is 1. The second-order valence-electron chi connectivity index (χ2n) is 4.82. The summed E-state index contributed by atoms with van der Waals surface area (Å²) in [5.74, 6) is -1.24. The minimum Gasteiger partial charge on any atom is -0.383 e. The summed E-state index contributed by atoms with van der Waals surface area (Å²) in [7, 11) is 0. The van der Waals surface area contributed by atoms with Gasteiger partial charge in [-0.3, -0.25) is 4.79 Å². The predicted octanol–water partition coefficient (Wildman–Crippen LogP) is 3.38. The summed E-state index contributed by atoms with van der Waals surface area (Å²) in [6.07, 6.45) is 0. The smallest absolute Gasteiger partial charge is 0.251 e. The van der Waals surface area contributed by atoms with E-state index in [1.165, 1.54) is 18.2 Å². The van der Waals surface area contributed by atoms with Crippen molar-refractivity contribution in [2.45, 2.75) is 0 Å². The SMILES string of the molecule is NC(=O)c1cc(-c2cc3cc(Cl)ccc3nc2N)ccc1F. The second kappa shape index (κ2) is 5.27. The molecular weight excluding hydrogens is 305 g/mol. The van der Waals surface area contributed by atoms with Crippen molar-refractivity contribution >= 4 is 34.2 Å².